The fraction of sp³-hybridized carbons (Fsp3) is 0.441. The first-order chi connectivity index (χ1) is 22.6. The molecule has 0 radical (unpaired) electrons. The number of ketones is 2. The fourth-order valence-electron chi connectivity index (χ4n) is 9.15. The molecule has 2 aromatic carbocycles. The SMILES string of the molecule is Cc1ccccc1[B-]12OCC[N+]1(CNC(=O)C1=C(O)C3(O)C(=O)C4=C(O)c5c(O)cccc5C(C)(O)C4CC3C(N(C)C)C1=O)CCO2. The minimum Gasteiger partial charge on any atom is -0.508 e. The Hall–Kier alpha value is -4.05. The highest BCUT2D eigenvalue weighted by atomic mass is 16.6. The number of phenols is 1. The zero-order valence-corrected chi connectivity index (χ0v) is 27.3. The van der Waals surface area contributed by atoms with Crippen LogP contribution in [0.5, 0.6) is 5.75 Å². The molecule has 48 heavy (non-hydrogen) atoms. The Kier molecular flexibility index (Phi) is 7.26. The highest BCUT2D eigenvalue weighted by Crippen LogP contribution is 2.57. The molecule has 2 aromatic rings. The molecule has 5 aliphatic rings. The number of benzene rings is 2. The molecular formula is C34H40BN3O10. The van der Waals surface area contributed by atoms with Crippen LogP contribution in [0, 0.1) is 18.8 Å². The number of carbonyl (C=O) groups is 3. The van der Waals surface area contributed by atoms with Gasteiger partial charge in [0, 0.05) is 17.4 Å². The standard InChI is InChI=1S/C34H40BN3O10/c1-18-8-5-6-10-22(18)35-38(12-14-47-35,13-15-48-35)17-36-32(44)26-29(41)27(37(3)4)21-16-20-25(30(42)34(21,46)31(26)43)28(40)24-19(33(20,2)45)9-7-11-23(24)39/h5-11,20-21,27,39-40,43,45-46H,12-17H2,1-4H3,(H,36,44). The van der Waals surface area contributed by atoms with E-state index < -0.39 is 81.7 Å². The van der Waals surface area contributed by atoms with E-state index in [1.54, 1.807) is 14.1 Å². The molecule has 14 heteroatoms. The second kappa shape index (κ2) is 10.7. The van der Waals surface area contributed by atoms with E-state index in [2.05, 4.69) is 5.32 Å². The second-order valence-corrected chi connectivity index (χ2v) is 14.2. The third-order valence-electron chi connectivity index (χ3n) is 11.6. The van der Waals surface area contributed by atoms with Gasteiger partial charge in [-0.15, -0.1) is 0 Å². The maximum absolute atomic E-state index is 14.4. The van der Waals surface area contributed by atoms with Crippen LogP contribution in [0.3, 0.4) is 0 Å². The Morgan fingerprint density at radius 3 is 2.35 bits per heavy atom. The molecule has 3 fully saturated rings. The van der Waals surface area contributed by atoms with E-state index in [1.807, 2.05) is 31.2 Å². The Morgan fingerprint density at radius 1 is 1.04 bits per heavy atom. The molecule has 2 saturated heterocycles. The molecule has 5 atom stereocenters. The molecule has 2 heterocycles. The van der Waals surface area contributed by atoms with E-state index in [0.717, 1.165) is 11.0 Å². The molecule has 5 unspecified atom stereocenters. The lowest BCUT2D eigenvalue weighted by atomic mass is 9.54. The van der Waals surface area contributed by atoms with E-state index in [-0.39, 0.29) is 28.6 Å². The van der Waals surface area contributed by atoms with Crippen molar-refractivity contribution in [2.45, 2.75) is 37.5 Å². The normalized spacial score (nSPS) is 35.8. The first kappa shape index (κ1) is 32.5. The maximum Gasteiger partial charge on any atom is 0.504 e. The molecule has 1 amide bonds. The number of fused-ring (bicyclic) bond motifs is 4. The number of phenolic OH excluding ortho intramolecular Hbond substituents is 1. The van der Waals surface area contributed by atoms with Crippen LogP contribution in [0.1, 0.15) is 30.0 Å². The Balaban J connectivity index is 1.29. The predicted octanol–water partition coefficient (Wildman–Crippen LogP) is 0.249. The summed E-state index contributed by atoms with van der Waals surface area (Å²) in [7, 11) is 3.11. The van der Waals surface area contributed by atoms with Gasteiger partial charge in [0.15, 0.2) is 11.4 Å². The summed E-state index contributed by atoms with van der Waals surface area (Å²) < 4.78 is 12.8. The highest BCUT2D eigenvalue weighted by Gasteiger charge is 2.67. The number of aliphatic hydroxyl groups is 4. The number of aliphatic hydroxyl groups excluding tert-OH is 2. The number of aromatic hydroxyl groups is 1. The van der Waals surface area contributed by atoms with E-state index >= 15 is 0 Å². The van der Waals surface area contributed by atoms with Gasteiger partial charge in [-0.3, -0.25) is 19.3 Å². The van der Waals surface area contributed by atoms with E-state index in [1.165, 1.54) is 30.0 Å². The van der Waals surface area contributed by atoms with Crippen molar-refractivity contribution in [3.8, 4) is 5.75 Å². The van der Waals surface area contributed by atoms with Gasteiger partial charge in [0.2, 0.25) is 5.78 Å². The van der Waals surface area contributed by atoms with Crippen molar-refractivity contribution in [1.82, 2.24) is 10.2 Å². The summed E-state index contributed by atoms with van der Waals surface area (Å²) in [5, 5.41) is 60.4. The number of Topliss-reactive ketones (excluding diaryl/α,β-unsaturated/α-hetero) is 2. The van der Waals surface area contributed by atoms with Crippen LogP contribution in [0.4, 0.5) is 0 Å². The topological polar surface area (TPSA) is 186 Å². The number of likely N-dealkylation sites (N-methyl/N-ethyl adjacent to an activating group) is 1. The van der Waals surface area contributed by atoms with Crippen LogP contribution < -0.4 is 10.8 Å². The Labute approximate surface area is 277 Å². The zero-order chi connectivity index (χ0) is 34.6. The molecule has 0 aromatic heterocycles. The summed E-state index contributed by atoms with van der Waals surface area (Å²) in [5.74, 6) is -7.52. The number of carbonyl (C=O) groups excluding carboxylic acids is 3. The minimum absolute atomic E-state index is 0.0212. The number of rotatable bonds is 5. The lowest BCUT2D eigenvalue weighted by Crippen LogP contribution is -2.72. The molecular weight excluding hydrogens is 621 g/mol. The number of nitrogens with one attached hydrogen (secondary N) is 1. The molecule has 2 aliphatic heterocycles. The van der Waals surface area contributed by atoms with Gasteiger partial charge in [0.05, 0.1) is 43.5 Å². The van der Waals surface area contributed by atoms with Crippen LogP contribution in [0.25, 0.3) is 5.76 Å². The van der Waals surface area contributed by atoms with Gasteiger partial charge >= 0.3 is 6.69 Å². The summed E-state index contributed by atoms with van der Waals surface area (Å²) in [6.45, 7) is 3.08. The largest absolute Gasteiger partial charge is 0.508 e. The van der Waals surface area contributed by atoms with Crippen molar-refractivity contribution < 1.29 is 53.6 Å². The average Bonchev–Trinajstić information content (AvgIpc) is 3.57. The molecule has 3 aliphatic carbocycles. The van der Waals surface area contributed by atoms with Crippen molar-refractivity contribution >= 4 is 35.4 Å². The number of amides is 1. The molecule has 13 nitrogen and oxygen atoms in total. The van der Waals surface area contributed by atoms with Gasteiger partial charge in [0.25, 0.3) is 5.91 Å². The van der Waals surface area contributed by atoms with Gasteiger partial charge in [-0.2, -0.15) is 0 Å². The van der Waals surface area contributed by atoms with Gasteiger partial charge < -0.3 is 44.6 Å². The predicted molar refractivity (Wildman–Crippen MR) is 172 cm³/mol. The van der Waals surface area contributed by atoms with E-state index in [4.69, 9.17) is 9.31 Å². The van der Waals surface area contributed by atoms with E-state index in [9.17, 15) is 39.9 Å². The molecule has 6 N–H and O–H groups in total. The van der Waals surface area contributed by atoms with Gasteiger partial charge in [-0.1, -0.05) is 47.4 Å². The molecule has 0 bridgehead atoms. The van der Waals surface area contributed by atoms with Crippen molar-refractivity contribution in [3.63, 3.8) is 0 Å². The lowest BCUT2D eigenvalue weighted by molar-refractivity contribution is -0.822. The van der Waals surface area contributed by atoms with Crippen molar-refractivity contribution in [3.05, 3.63) is 76.1 Å². The molecule has 254 valence electrons. The van der Waals surface area contributed by atoms with Crippen LogP contribution in [-0.4, -0.2) is 118 Å². The molecule has 7 rings (SSSR count). The van der Waals surface area contributed by atoms with Crippen LogP contribution in [-0.2, 0) is 29.3 Å². The second-order valence-electron chi connectivity index (χ2n) is 14.2. The number of aryl methyl sites for hydroxylation is 1. The number of hydrogen-bond donors (Lipinski definition) is 6. The van der Waals surface area contributed by atoms with Crippen LogP contribution in [0.2, 0.25) is 0 Å². The highest BCUT2D eigenvalue weighted by molar-refractivity contribution is 6.75. The van der Waals surface area contributed by atoms with Gasteiger partial charge in [-0.05, 0) is 46.0 Å². The maximum atomic E-state index is 14.4. The summed E-state index contributed by atoms with van der Waals surface area (Å²) in [6.07, 6.45) is -0.215. The Morgan fingerprint density at radius 2 is 1.71 bits per heavy atom. The zero-order valence-electron chi connectivity index (χ0n) is 27.3. The van der Waals surface area contributed by atoms with Crippen molar-refractivity contribution in [2.75, 3.05) is 47.1 Å². The smallest absolute Gasteiger partial charge is 0.504 e. The van der Waals surface area contributed by atoms with Gasteiger partial charge in [0.1, 0.15) is 29.5 Å². The third-order valence-corrected chi connectivity index (χ3v) is 11.6. The van der Waals surface area contributed by atoms with E-state index in [0.29, 0.717) is 26.3 Å². The number of nitrogens with zero attached hydrogens (tertiary/aromatic N) is 2. The van der Waals surface area contributed by atoms with Gasteiger partial charge in [-0.25, -0.2) is 0 Å². The minimum atomic E-state index is -2.80. The summed E-state index contributed by atoms with van der Waals surface area (Å²) in [4.78, 5) is 44.0. The summed E-state index contributed by atoms with van der Waals surface area (Å²) in [6, 6.07) is 10.7. The van der Waals surface area contributed by atoms with Crippen molar-refractivity contribution in [2.24, 2.45) is 11.8 Å². The molecule has 1 saturated carbocycles. The first-order valence-corrected chi connectivity index (χ1v) is 16.2. The fourth-order valence-corrected chi connectivity index (χ4v) is 9.15. The number of hydrogen-bond acceptors (Lipinski definition) is 11. The lowest BCUT2D eigenvalue weighted by Gasteiger charge is -2.53. The van der Waals surface area contributed by atoms with Crippen molar-refractivity contribution in [1.29, 1.82) is 0 Å². The van der Waals surface area contributed by atoms with Crippen LogP contribution >= 0.6 is 0 Å². The Bertz CT molecular complexity index is 1830. The monoisotopic (exact) mass is 661 g/mol. The summed E-state index contributed by atoms with van der Waals surface area (Å²) in [5.41, 5.74) is -3.95. The average molecular weight is 662 g/mol. The quantitative estimate of drug-likeness (QED) is 0.191. The number of quaternary nitrogens is 1. The first-order valence-electron chi connectivity index (χ1n) is 16.2. The molecule has 0 spiro atoms. The summed E-state index contributed by atoms with van der Waals surface area (Å²) >= 11 is 0. The third kappa shape index (κ3) is 4.04. The van der Waals surface area contributed by atoms with Crippen LogP contribution in [0.15, 0.2) is 59.4 Å².